The zero-order valence-corrected chi connectivity index (χ0v) is 13.8. The van der Waals surface area contributed by atoms with Gasteiger partial charge in [-0.05, 0) is 37.3 Å². The predicted molar refractivity (Wildman–Crippen MR) is 94.0 cm³/mol. The standard InChI is InChI=1S/C19H18N2O3/c1-12-17(9-13-7-8-16(24-3)11-18(13)20-12)19(22)21-14-5-4-6-15(10-14)23-2/h4-11H,1-3H3,(H,21,22). The van der Waals surface area contributed by atoms with Gasteiger partial charge in [-0.15, -0.1) is 0 Å². The summed E-state index contributed by atoms with van der Waals surface area (Å²) >= 11 is 0. The Morgan fingerprint density at radius 3 is 2.50 bits per heavy atom. The number of anilines is 1. The van der Waals surface area contributed by atoms with Crippen molar-refractivity contribution in [2.24, 2.45) is 0 Å². The van der Waals surface area contributed by atoms with Crippen LogP contribution in [0.3, 0.4) is 0 Å². The molecule has 3 aromatic rings. The van der Waals surface area contributed by atoms with Crippen molar-refractivity contribution in [3.63, 3.8) is 0 Å². The Morgan fingerprint density at radius 2 is 1.75 bits per heavy atom. The summed E-state index contributed by atoms with van der Waals surface area (Å²) in [4.78, 5) is 17.1. The average molecular weight is 322 g/mol. The number of nitrogens with one attached hydrogen (secondary N) is 1. The molecule has 1 aromatic heterocycles. The van der Waals surface area contributed by atoms with E-state index < -0.39 is 0 Å². The molecule has 24 heavy (non-hydrogen) atoms. The lowest BCUT2D eigenvalue weighted by molar-refractivity contribution is 0.102. The van der Waals surface area contributed by atoms with Crippen molar-refractivity contribution in [2.45, 2.75) is 6.92 Å². The second-order valence-corrected chi connectivity index (χ2v) is 5.37. The molecule has 0 saturated carbocycles. The van der Waals surface area contributed by atoms with Crippen LogP contribution in [0.25, 0.3) is 10.9 Å². The Bertz CT molecular complexity index is 906. The lowest BCUT2D eigenvalue weighted by atomic mass is 10.1. The minimum Gasteiger partial charge on any atom is -0.497 e. The van der Waals surface area contributed by atoms with E-state index in [0.717, 1.165) is 16.7 Å². The number of pyridine rings is 1. The monoisotopic (exact) mass is 322 g/mol. The number of rotatable bonds is 4. The average Bonchev–Trinajstić information content (AvgIpc) is 2.60. The Hall–Kier alpha value is -3.08. The van der Waals surface area contributed by atoms with Gasteiger partial charge in [0.25, 0.3) is 5.91 Å². The molecular formula is C19H18N2O3. The summed E-state index contributed by atoms with van der Waals surface area (Å²) < 4.78 is 10.4. The largest absolute Gasteiger partial charge is 0.497 e. The third-order valence-electron chi connectivity index (χ3n) is 3.79. The van der Waals surface area contributed by atoms with Crippen LogP contribution in [-0.4, -0.2) is 25.1 Å². The van der Waals surface area contributed by atoms with Gasteiger partial charge >= 0.3 is 0 Å². The Kier molecular flexibility index (Phi) is 4.33. The highest BCUT2D eigenvalue weighted by Crippen LogP contribution is 2.23. The van der Waals surface area contributed by atoms with Gasteiger partial charge in [0.15, 0.2) is 0 Å². The minimum absolute atomic E-state index is 0.203. The molecule has 0 atom stereocenters. The molecule has 1 heterocycles. The van der Waals surface area contributed by atoms with Crippen LogP contribution >= 0.6 is 0 Å². The normalized spacial score (nSPS) is 10.5. The van der Waals surface area contributed by atoms with Gasteiger partial charge in [-0.1, -0.05) is 6.07 Å². The summed E-state index contributed by atoms with van der Waals surface area (Å²) in [6.07, 6.45) is 0. The number of amides is 1. The number of hydrogen-bond acceptors (Lipinski definition) is 4. The van der Waals surface area contributed by atoms with Crippen LogP contribution in [-0.2, 0) is 0 Å². The molecular weight excluding hydrogens is 304 g/mol. The number of aromatic nitrogens is 1. The second-order valence-electron chi connectivity index (χ2n) is 5.37. The number of carbonyl (C=O) groups excluding carboxylic acids is 1. The number of nitrogens with zero attached hydrogens (tertiary/aromatic N) is 1. The zero-order chi connectivity index (χ0) is 17.1. The number of methoxy groups -OCH3 is 2. The van der Waals surface area contributed by atoms with E-state index in [9.17, 15) is 4.79 Å². The summed E-state index contributed by atoms with van der Waals surface area (Å²) in [6, 6.07) is 14.7. The lowest BCUT2D eigenvalue weighted by Crippen LogP contribution is -2.14. The molecule has 0 saturated heterocycles. The summed E-state index contributed by atoms with van der Waals surface area (Å²) in [6.45, 7) is 1.82. The lowest BCUT2D eigenvalue weighted by Gasteiger charge is -2.10. The summed E-state index contributed by atoms with van der Waals surface area (Å²) in [5.41, 5.74) is 2.67. The van der Waals surface area contributed by atoms with Crippen LogP contribution in [0.4, 0.5) is 5.69 Å². The highest BCUT2D eigenvalue weighted by molar-refractivity contribution is 6.06. The molecule has 1 N–H and O–H groups in total. The van der Waals surface area contributed by atoms with Gasteiger partial charge in [0, 0.05) is 23.2 Å². The first-order chi connectivity index (χ1) is 11.6. The number of fused-ring (bicyclic) bond motifs is 1. The van der Waals surface area contributed by atoms with E-state index in [0.29, 0.717) is 22.7 Å². The van der Waals surface area contributed by atoms with Gasteiger partial charge in [0.05, 0.1) is 31.0 Å². The first-order valence-electron chi connectivity index (χ1n) is 7.51. The van der Waals surface area contributed by atoms with Crippen LogP contribution in [0.1, 0.15) is 16.1 Å². The molecule has 0 bridgehead atoms. The molecule has 0 fully saturated rings. The van der Waals surface area contributed by atoms with E-state index >= 15 is 0 Å². The molecule has 5 heteroatoms. The van der Waals surface area contributed by atoms with Gasteiger partial charge in [0.1, 0.15) is 11.5 Å². The second kappa shape index (κ2) is 6.58. The zero-order valence-electron chi connectivity index (χ0n) is 13.8. The fraction of sp³-hybridized carbons (Fsp3) is 0.158. The number of carbonyl (C=O) groups is 1. The molecule has 2 aromatic carbocycles. The van der Waals surface area contributed by atoms with Crippen LogP contribution in [0, 0.1) is 6.92 Å². The van der Waals surface area contributed by atoms with E-state index in [1.54, 1.807) is 20.3 Å². The minimum atomic E-state index is -0.203. The van der Waals surface area contributed by atoms with Crippen molar-refractivity contribution in [3.05, 3.63) is 59.8 Å². The number of hydrogen-bond donors (Lipinski definition) is 1. The van der Waals surface area contributed by atoms with Gasteiger partial charge < -0.3 is 14.8 Å². The number of aryl methyl sites for hydroxylation is 1. The van der Waals surface area contributed by atoms with Crippen molar-refractivity contribution >= 4 is 22.5 Å². The Morgan fingerprint density at radius 1 is 1.00 bits per heavy atom. The van der Waals surface area contributed by atoms with E-state index in [1.165, 1.54) is 0 Å². The fourth-order valence-corrected chi connectivity index (χ4v) is 2.50. The van der Waals surface area contributed by atoms with E-state index in [1.807, 2.05) is 49.4 Å². The van der Waals surface area contributed by atoms with Gasteiger partial charge in [-0.2, -0.15) is 0 Å². The highest BCUT2D eigenvalue weighted by Gasteiger charge is 2.13. The highest BCUT2D eigenvalue weighted by atomic mass is 16.5. The summed E-state index contributed by atoms with van der Waals surface area (Å²) in [5, 5.41) is 3.76. The number of benzene rings is 2. The Labute approximate surface area is 140 Å². The molecule has 5 nitrogen and oxygen atoms in total. The van der Waals surface area contributed by atoms with Crippen LogP contribution in [0.5, 0.6) is 11.5 Å². The molecule has 0 unspecified atom stereocenters. The van der Waals surface area contributed by atoms with Crippen LogP contribution < -0.4 is 14.8 Å². The molecule has 0 aliphatic rings. The first kappa shape index (κ1) is 15.8. The third-order valence-corrected chi connectivity index (χ3v) is 3.79. The molecule has 0 spiro atoms. The van der Waals surface area contributed by atoms with Crippen molar-refractivity contribution in [1.29, 1.82) is 0 Å². The maximum Gasteiger partial charge on any atom is 0.257 e. The molecule has 3 rings (SSSR count). The summed E-state index contributed by atoms with van der Waals surface area (Å²) in [5.74, 6) is 1.22. The maximum atomic E-state index is 12.6. The third kappa shape index (κ3) is 3.15. The molecule has 122 valence electrons. The van der Waals surface area contributed by atoms with E-state index in [-0.39, 0.29) is 5.91 Å². The van der Waals surface area contributed by atoms with Crippen LogP contribution in [0.15, 0.2) is 48.5 Å². The summed E-state index contributed by atoms with van der Waals surface area (Å²) in [7, 11) is 3.20. The van der Waals surface area contributed by atoms with E-state index in [4.69, 9.17) is 9.47 Å². The smallest absolute Gasteiger partial charge is 0.257 e. The topological polar surface area (TPSA) is 60.5 Å². The van der Waals surface area contributed by atoms with E-state index in [2.05, 4.69) is 10.3 Å². The van der Waals surface area contributed by atoms with Crippen molar-refractivity contribution in [3.8, 4) is 11.5 Å². The van der Waals surface area contributed by atoms with Crippen LogP contribution in [0.2, 0.25) is 0 Å². The maximum absolute atomic E-state index is 12.6. The number of ether oxygens (including phenoxy) is 2. The molecule has 0 radical (unpaired) electrons. The van der Waals surface area contributed by atoms with Gasteiger partial charge in [0.2, 0.25) is 0 Å². The first-order valence-corrected chi connectivity index (χ1v) is 7.51. The Balaban J connectivity index is 1.92. The molecule has 0 aliphatic carbocycles. The van der Waals surface area contributed by atoms with Crippen molar-refractivity contribution < 1.29 is 14.3 Å². The van der Waals surface area contributed by atoms with Gasteiger partial charge in [-0.25, -0.2) is 0 Å². The van der Waals surface area contributed by atoms with Crippen molar-refractivity contribution in [1.82, 2.24) is 4.98 Å². The quantitative estimate of drug-likeness (QED) is 0.793. The molecule has 0 aliphatic heterocycles. The predicted octanol–water partition coefficient (Wildman–Crippen LogP) is 3.81. The fourth-order valence-electron chi connectivity index (χ4n) is 2.50. The SMILES string of the molecule is COc1cccc(NC(=O)c2cc3ccc(OC)cc3nc2C)c1. The van der Waals surface area contributed by atoms with Crippen molar-refractivity contribution in [2.75, 3.05) is 19.5 Å². The van der Waals surface area contributed by atoms with Gasteiger partial charge in [-0.3, -0.25) is 9.78 Å². The molecule has 1 amide bonds.